The lowest BCUT2D eigenvalue weighted by molar-refractivity contribution is 0.627. The Bertz CT molecular complexity index is 219. The molecule has 0 aliphatic heterocycles. The van der Waals surface area contributed by atoms with Crippen LogP contribution in [-0.4, -0.2) is 27.9 Å². The fraction of sp³-hybridized carbons (Fsp3) is 0.714. The third kappa shape index (κ3) is 2.98. The van der Waals surface area contributed by atoms with Crippen LogP contribution in [0.5, 0.6) is 0 Å². The first-order valence-corrected chi connectivity index (χ1v) is 4.08. The zero-order valence-electron chi connectivity index (χ0n) is 7.32. The van der Waals surface area contributed by atoms with Crippen molar-refractivity contribution in [3.8, 4) is 0 Å². The molecule has 0 aliphatic carbocycles. The van der Waals surface area contributed by atoms with Gasteiger partial charge in [0.15, 0.2) is 5.82 Å². The van der Waals surface area contributed by atoms with Crippen LogP contribution in [0.3, 0.4) is 0 Å². The summed E-state index contributed by atoms with van der Waals surface area (Å²) in [5, 5.41) is 7.32. The van der Waals surface area contributed by atoms with Gasteiger partial charge in [-0.15, -0.1) is 0 Å². The predicted molar refractivity (Wildman–Crippen MR) is 46.4 cm³/mol. The summed E-state index contributed by atoms with van der Waals surface area (Å²) in [4.78, 5) is 4.07. The lowest BCUT2D eigenvalue weighted by Crippen LogP contribution is -2.18. The maximum Gasteiger partial charge on any atom is 0.164 e. The van der Waals surface area contributed by atoms with Gasteiger partial charge < -0.3 is 11.1 Å². The van der Waals surface area contributed by atoms with Gasteiger partial charge in [0.1, 0.15) is 6.33 Å². The third-order valence-electron chi connectivity index (χ3n) is 1.49. The Morgan fingerprint density at radius 1 is 1.67 bits per heavy atom. The van der Waals surface area contributed by atoms with Gasteiger partial charge in [-0.05, 0) is 19.5 Å². The number of nitrogens with zero attached hydrogens (tertiary/aromatic N) is 3. The van der Waals surface area contributed by atoms with Crippen LogP contribution in [-0.2, 0) is 13.6 Å². The van der Waals surface area contributed by atoms with E-state index >= 15 is 0 Å². The lowest BCUT2D eigenvalue weighted by atomic mass is 10.4. The zero-order valence-corrected chi connectivity index (χ0v) is 7.32. The molecule has 0 aliphatic rings. The number of aromatic nitrogens is 3. The highest BCUT2D eigenvalue weighted by atomic mass is 15.3. The smallest absolute Gasteiger partial charge is 0.164 e. The molecule has 0 unspecified atom stereocenters. The highest BCUT2D eigenvalue weighted by Crippen LogP contribution is 1.86. The number of rotatable bonds is 5. The predicted octanol–water partition coefficient (Wildman–Crippen LogP) is -0.746. The van der Waals surface area contributed by atoms with Gasteiger partial charge in [-0.3, -0.25) is 4.68 Å². The first kappa shape index (κ1) is 9.15. The van der Waals surface area contributed by atoms with Crippen LogP contribution in [0.4, 0.5) is 0 Å². The highest BCUT2D eigenvalue weighted by Gasteiger charge is 1.95. The molecule has 0 bridgehead atoms. The number of hydrogen-bond acceptors (Lipinski definition) is 4. The fourth-order valence-corrected chi connectivity index (χ4v) is 0.892. The van der Waals surface area contributed by atoms with Crippen molar-refractivity contribution >= 4 is 0 Å². The Kier molecular flexibility index (Phi) is 3.69. The van der Waals surface area contributed by atoms with Gasteiger partial charge >= 0.3 is 0 Å². The Morgan fingerprint density at radius 3 is 3.08 bits per heavy atom. The average Bonchev–Trinajstić information content (AvgIpc) is 2.45. The molecule has 12 heavy (non-hydrogen) atoms. The van der Waals surface area contributed by atoms with Gasteiger partial charge in [0.05, 0.1) is 6.54 Å². The molecule has 0 spiro atoms. The molecule has 0 saturated heterocycles. The molecule has 0 amide bonds. The van der Waals surface area contributed by atoms with Gasteiger partial charge in [0, 0.05) is 7.05 Å². The number of aryl methyl sites for hydroxylation is 1. The van der Waals surface area contributed by atoms with E-state index in [-0.39, 0.29) is 0 Å². The second kappa shape index (κ2) is 4.84. The molecule has 3 N–H and O–H groups in total. The SMILES string of the molecule is Cn1cnc(CNCCCN)n1. The average molecular weight is 169 g/mol. The van der Waals surface area contributed by atoms with E-state index in [4.69, 9.17) is 5.73 Å². The fourth-order valence-electron chi connectivity index (χ4n) is 0.892. The normalized spacial score (nSPS) is 10.5. The minimum atomic E-state index is 0.723. The molecule has 0 aromatic carbocycles. The van der Waals surface area contributed by atoms with Crippen molar-refractivity contribution < 1.29 is 0 Å². The molecule has 0 atom stereocenters. The van der Waals surface area contributed by atoms with Gasteiger partial charge in [-0.1, -0.05) is 0 Å². The minimum absolute atomic E-state index is 0.723. The van der Waals surface area contributed by atoms with Crippen molar-refractivity contribution in [1.29, 1.82) is 0 Å². The number of hydrogen-bond donors (Lipinski definition) is 2. The molecular formula is C7H15N5. The summed E-state index contributed by atoms with van der Waals surface area (Å²) < 4.78 is 1.69. The van der Waals surface area contributed by atoms with Crippen molar-refractivity contribution in [2.75, 3.05) is 13.1 Å². The Hall–Kier alpha value is -0.940. The second-order valence-electron chi connectivity index (χ2n) is 2.65. The van der Waals surface area contributed by atoms with Crippen LogP contribution < -0.4 is 11.1 Å². The molecule has 68 valence electrons. The molecule has 5 heteroatoms. The van der Waals surface area contributed by atoms with Crippen LogP contribution in [0, 0.1) is 0 Å². The van der Waals surface area contributed by atoms with E-state index in [9.17, 15) is 0 Å². The summed E-state index contributed by atoms with van der Waals surface area (Å²) in [6.07, 6.45) is 2.69. The van der Waals surface area contributed by atoms with Gasteiger partial charge in [0.25, 0.3) is 0 Å². The largest absolute Gasteiger partial charge is 0.330 e. The van der Waals surface area contributed by atoms with E-state index in [1.165, 1.54) is 0 Å². The zero-order chi connectivity index (χ0) is 8.81. The van der Waals surface area contributed by atoms with Crippen LogP contribution >= 0.6 is 0 Å². The summed E-state index contributed by atoms with van der Waals surface area (Å²) >= 11 is 0. The Balaban J connectivity index is 2.15. The van der Waals surface area contributed by atoms with Crippen LogP contribution in [0.25, 0.3) is 0 Å². The monoisotopic (exact) mass is 169 g/mol. The molecule has 1 heterocycles. The van der Waals surface area contributed by atoms with E-state index in [1.807, 2.05) is 7.05 Å². The Morgan fingerprint density at radius 2 is 2.50 bits per heavy atom. The number of nitrogens with two attached hydrogens (primary N) is 1. The summed E-state index contributed by atoms with van der Waals surface area (Å²) in [6.45, 7) is 2.37. The van der Waals surface area contributed by atoms with E-state index in [2.05, 4.69) is 15.4 Å². The van der Waals surface area contributed by atoms with Crippen molar-refractivity contribution in [2.24, 2.45) is 12.8 Å². The first-order valence-electron chi connectivity index (χ1n) is 4.08. The molecule has 5 nitrogen and oxygen atoms in total. The van der Waals surface area contributed by atoms with Gasteiger partial charge in [0.2, 0.25) is 0 Å². The first-order chi connectivity index (χ1) is 5.83. The highest BCUT2D eigenvalue weighted by molar-refractivity contribution is 4.79. The van der Waals surface area contributed by atoms with E-state index in [1.54, 1.807) is 11.0 Å². The van der Waals surface area contributed by atoms with Crippen molar-refractivity contribution in [3.05, 3.63) is 12.2 Å². The van der Waals surface area contributed by atoms with Gasteiger partial charge in [-0.2, -0.15) is 5.10 Å². The van der Waals surface area contributed by atoms with Crippen LogP contribution in [0.1, 0.15) is 12.2 Å². The van der Waals surface area contributed by atoms with E-state index in [0.29, 0.717) is 0 Å². The quantitative estimate of drug-likeness (QED) is 0.569. The molecule has 1 rings (SSSR count). The van der Waals surface area contributed by atoms with E-state index < -0.39 is 0 Å². The summed E-state index contributed by atoms with van der Waals surface area (Å²) in [5.74, 6) is 0.828. The topological polar surface area (TPSA) is 68.8 Å². The second-order valence-corrected chi connectivity index (χ2v) is 2.65. The Labute approximate surface area is 72.0 Å². The molecule has 1 aromatic heterocycles. The summed E-state index contributed by atoms with van der Waals surface area (Å²) in [5.41, 5.74) is 5.34. The minimum Gasteiger partial charge on any atom is -0.330 e. The molecule has 1 aromatic rings. The van der Waals surface area contributed by atoms with Crippen LogP contribution in [0.2, 0.25) is 0 Å². The number of nitrogens with one attached hydrogen (secondary N) is 1. The summed E-state index contributed by atoms with van der Waals surface area (Å²) in [7, 11) is 1.86. The maximum absolute atomic E-state index is 5.34. The molecule has 0 fully saturated rings. The van der Waals surface area contributed by atoms with Gasteiger partial charge in [-0.25, -0.2) is 4.98 Å². The van der Waals surface area contributed by atoms with E-state index in [0.717, 1.165) is 31.9 Å². The molecular weight excluding hydrogens is 154 g/mol. The standard InChI is InChI=1S/C7H15N5/c1-12-6-10-7(11-12)5-9-4-2-3-8/h6,9H,2-5,8H2,1H3. The van der Waals surface area contributed by atoms with Crippen molar-refractivity contribution in [1.82, 2.24) is 20.1 Å². The molecule has 0 saturated carbocycles. The van der Waals surface area contributed by atoms with Crippen molar-refractivity contribution in [3.63, 3.8) is 0 Å². The molecule has 0 radical (unpaired) electrons. The lowest BCUT2D eigenvalue weighted by Gasteiger charge is -1.98. The summed E-state index contributed by atoms with van der Waals surface area (Å²) in [6, 6.07) is 0. The van der Waals surface area contributed by atoms with Crippen molar-refractivity contribution in [2.45, 2.75) is 13.0 Å². The van der Waals surface area contributed by atoms with Crippen LogP contribution in [0.15, 0.2) is 6.33 Å². The third-order valence-corrected chi connectivity index (χ3v) is 1.49. The maximum atomic E-state index is 5.34.